The van der Waals surface area contributed by atoms with E-state index in [1.165, 1.54) is 29.5 Å². The third-order valence-electron chi connectivity index (χ3n) is 3.16. The molecule has 2 N–H and O–H groups in total. The molecule has 2 rings (SSSR count). The van der Waals surface area contributed by atoms with Gasteiger partial charge in [-0.15, -0.1) is 0 Å². The third kappa shape index (κ3) is 3.49. The van der Waals surface area contributed by atoms with Gasteiger partial charge < -0.3 is 5.11 Å². The van der Waals surface area contributed by atoms with Crippen LogP contribution < -0.4 is 4.72 Å². The lowest BCUT2D eigenvalue weighted by atomic mass is 10.1. The first-order valence-corrected chi connectivity index (χ1v) is 8.59. The fourth-order valence-corrected chi connectivity index (χ4v) is 3.71. The number of nitrogens with one attached hydrogen (secondary N) is 1. The molecule has 0 saturated carbocycles. The van der Waals surface area contributed by atoms with Crippen LogP contribution in [0.3, 0.4) is 0 Å². The molecule has 5 nitrogen and oxygen atoms in total. The van der Waals surface area contributed by atoms with E-state index in [-0.39, 0.29) is 17.0 Å². The van der Waals surface area contributed by atoms with Gasteiger partial charge in [0.1, 0.15) is 0 Å². The Morgan fingerprint density at radius 1 is 1.24 bits per heavy atom. The Hall–Kier alpha value is -1.70. The Balaban J connectivity index is 2.26. The summed E-state index contributed by atoms with van der Waals surface area (Å²) in [5.41, 5.74) is 2.45. The van der Waals surface area contributed by atoms with Gasteiger partial charge in [0.15, 0.2) is 0 Å². The number of thiophene rings is 1. The quantitative estimate of drug-likeness (QED) is 0.885. The molecule has 0 bridgehead atoms. The Morgan fingerprint density at radius 2 is 1.95 bits per heavy atom. The van der Waals surface area contributed by atoms with E-state index in [0.29, 0.717) is 5.56 Å². The minimum Gasteiger partial charge on any atom is -0.478 e. The molecule has 0 spiro atoms. The van der Waals surface area contributed by atoms with E-state index >= 15 is 0 Å². The molecule has 1 aromatic heterocycles. The SMILES string of the molecule is Cc1cscc1CNS(=O)(=O)c1ccc(C)c(C(=O)O)c1. The highest BCUT2D eigenvalue weighted by Crippen LogP contribution is 2.18. The predicted octanol–water partition coefficient (Wildman–Crippen LogP) is 2.54. The van der Waals surface area contributed by atoms with Crippen molar-refractivity contribution in [2.24, 2.45) is 0 Å². The number of rotatable bonds is 5. The van der Waals surface area contributed by atoms with Crippen LogP contribution in [0.5, 0.6) is 0 Å². The summed E-state index contributed by atoms with van der Waals surface area (Å²) in [6.45, 7) is 3.73. The van der Waals surface area contributed by atoms with Crippen LogP contribution in [-0.4, -0.2) is 19.5 Å². The van der Waals surface area contributed by atoms with Gasteiger partial charge >= 0.3 is 5.97 Å². The molecule has 0 radical (unpaired) electrons. The molecule has 2 aromatic rings. The van der Waals surface area contributed by atoms with Gasteiger partial charge in [0.05, 0.1) is 10.5 Å². The van der Waals surface area contributed by atoms with Gasteiger partial charge in [0.2, 0.25) is 10.0 Å². The minimum absolute atomic E-state index is 0.00964. The molecule has 112 valence electrons. The van der Waals surface area contributed by atoms with Crippen molar-refractivity contribution in [1.29, 1.82) is 0 Å². The van der Waals surface area contributed by atoms with Crippen molar-refractivity contribution in [3.63, 3.8) is 0 Å². The van der Waals surface area contributed by atoms with Crippen LogP contribution >= 0.6 is 11.3 Å². The molecular formula is C14H15NO4S2. The number of hydrogen-bond acceptors (Lipinski definition) is 4. The first-order chi connectivity index (χ1) is 9.81. The summed E-state index contributed by atoms with van der Waals surface area (Å²) < 4.78 is 26.9. The number of sulfonamides is 1. The highest BCUT2D eigenvalue weighted by Gasteiger charge is 2.17. The molecular weight excluding hydrogens is 310 g/mol. The topological polar surface area (TPSA) is 83.5 Å². The van der Waals surface area contributed by atoms with Crippen molar-refractivity contribution in [2.45, 2.75) is 25.3 Å². The average molecular weight is 325 g/mol. The predicted molar refractivity (Wildman–Crippen MR) is 81.2 cm³/mol. The van der Waals surface area contributed by atoms with E-state index in [1.54, 1.807) is 6.92 Å². The summed E-state index contributed by atoms with van der Waals surface area (Å²) in [6.07, 6.45) is 0. The second-order valence-electron chi connectivity index (χ2n) is 4.69. The fourth-order valence-electron chi connectivity index (χ4n) is 1.82. The second-order valence-corrected chi connectivity index (χ2v) is 7.20. The van der Waals surface area contributed by atoms with Crippen molar-refractivity contribution in [3.8, 4) is 0 Å². The molecule has 0 saturated heterocycles. The minimum atomic E-state index is -3.73. The maximum absolute atomic E-state index is 12.2. The first kappa shape index (κ1) is 15.7. The van der Waals surface area contributed by atoms with Gasteiger partial charge in [-0.1, -0.05) is 6.07 Å². The zero-order valence-electron chi connectivity index (χ0n) is 11.6. The smallest absolute Gasteiger partial charge is 0.335 e. The molecule has 0 aliphatic carbocycles. The van der Waals surface area contributed by atoms with Crippen molar-refractivity contribution < 1.29 is 18.3 Å². The van der Waals surface area contributed by atoms with Crippen LogP contribution in [0, 0.1) is 13.8 Å². The Bertz CT molecular complexity index is 778. The summed E-state index contributed by atoms with van der Waals surface area (Å²) in [6, 6.07) is 4.08. The standard InChI is InChI=1S/C14H15NO4S2/c1-9-3-4-12(5-13(9)14(16)17)21(18,19)15-6-11-8-20-7-10(11)2/h3-5,7-8,15H,6H2,1-2H3,(H,16,17). The largest absolute Gasteiger partial charge is 0.478 e. The summed E-state index contributed by atoms with van der Waals surface area (Å²) in [4.78, 5) is 11.0. The second kappa shape index (κ2) is 5.97. The van der Waals surface area contributed by atoms with E-state index < -0.39 is 16.0 Å². The Kier molecular flexibility index (Phi) is 4.46. The normalized spacial score (nSPS) is 11.5. The summed E-state index contributed by atoms with van der Waals surface area (Å²) in [7, 11) is -3.73. The van der Waals surface area contributed by atoms with Gasteiger partial charge in [-0.25, -0.2) is 17.9 Å². The van der Waals surface area contributed by atoms with Crippen molar-refractivity contribution >= 4 is 27.3 Å². The van der Waals surface area contributed by atoms with Crippen LogP contribution in [0.25, 0.3) is 0 Å². The van der Waals surface area contributed by atoms with Crippen molar-refractivity contribution in [2.75, 3.05) is 0 Å². The van der Waals surface area contributed by atoms with E-state index in [4.69, 9.17) is 5.11 Å². The van der Waals surface area contributed by atoms with E-state index in [1.807, 2.05) is 17.7 Å². The van der Waals surface area contributed by atoms with Crippen LogP contribution in [0.4, 0.5) is 0 Å². The number of carbonyl (C=O) groups is 1. The Morgan fingerprint density at radius 3 is 2.52 bits per heavy atom. The zero-order chi connectivity index (χ0) is 15.6. The van der Waals surface area contributed by atoms with Gasteiger partial charge in [-0.2, -0.15) is 11.3 Å². The van der Waals surface area contributed by atoms with E-state index in [0.717, 1.165) is 11.1 Å². The number of aromatic carboxylic acids is 1. The molecule has 0 amide bonds. The monoisotopic (exact) mass is 325 g/mol. The number of carboxylic acid groups (broad SMARTS) is 1. The lowest BCUT2D eigenvalue weighted by Gasteiger charge is -2.08. The van der Waals surface area contributed by atoms with Crippen LogP contribution in [0.2, 0.25) is 0 Å². The molecule has 0 aliphatic rings. The molecule has 21 heavy (non-hydrogen) atoms. The first-order valence-electron chi connectivity index (χ1n) is 6.16. The fraction of sp³-hybridized carbons (Fsp3) is 0.214. The maximum atomic E-state index is 12.2. The van der Waals surface area contributed by atoms with Crippen molar-refractivity contribution in [3.05, 3.63) is 51.2 Å². The molecule has 0 aliphatic heterocycles. The van der Waals surface area contributed by atoms with Gasteiger partial charge in [-0.3, -0.25) is 0 Å². The number of benzene rings is 1. The average Bonchev–Trinajstić information content (AvgIpc) is 2.82. The van der Waals surface area contributed by atoms with Crippen molar-refractivity contribution in [1.82, 2.24) is 4.72 Å². The van der Waals surface area contributed by atoms with Crippen LogP contribution in [0.15, 0.2) is 33.9 Å². The van der Waals surface area contributed by atoms with Crippen LogP contribution in [0.1, 0.15) is 27.0 Å². The van der Waals surface area contributed by atoms with Crippen LogP contribution in [-0.2, 0) is 16.6 Å². The van der Waals surface area contributed by atoms with Gasteiger partial charge in [0, 0.05) is 6.54 Å². The zero-order valence-corrected chi connectivity index (χ0v) is 13.2. The molecule has 0 fully saturated rings. The summed E-state index contributed by atoms with van der Waals surface area (Å²) in [5.74, 6) is -1.14. The number of aryl methyl sites for hydroxylation is 2. The number of carboxylic acids is 1. The molecule has 1 aromatic carbocycles. The molecule has 0 atom stereocenters. The van der Waals surface area contributed by atoms with E-state index in [2.05, 4.69) is 4.72 Å². The summed E-state index contributed by atoms with van der Waals surface area (Å²) in [5, 5.41) is 12.9. The third-order valence-corrected chi connectivity index (χ3v) is 5.47. The highest BCUT2D eigenvalue weighted by atomic mass is 32.2. The van der Waals surface area contributed by atoms with E-state index in [9.17, 15) is 13.2 Å². The summed E-state index contributed by atoms with van der Waals surface area (Å²) >= 11 is 1.51. The molecule has 0 unspecified atom stereocenters. The lowest BCUT2D eigenvalue weighted by Crippen LogP contribution is -2.23. The molecule has 1 heterocycles. The molecule has 7 heteroatoms. The number of hydrogen-bond donors (Lipinski definition) is 2. The lowest BCUT2D eigenvalue weighted by molar-refractivity contribution is 0.0696. The Labute approximate surface area is 127 Å². The van der Waals surface area contributed by atoms with Gasteiger partial charge in [-0.05, 0) is 53.4 Å². The maximum Gasteiger partial charge on any atom is 0.335 e. The van der Waals surface area contributed by atoms with Gasteiger partial charge in [0.25, 0.3) is 0 Å². The highest BCUT2D eigenvalue weighted by molar-refractivity contribution is 7.89.